The molecular formula is C9H16O2S. The second-order valence-electron chi connectivity index (χ2n) is 3.69. The lowest BCUT2D eigenvalue weighted by Gasteiger charge is -2.28. The highest BCUT2D eigenvalue weighted by molar-refractivity contribution is 8.01. The zero-order valence-electron chi connectivity index (χ0n) is 7.62. The molecule has 1 aliphatic rings. The molecule has 1 rings (SSSR count). The average Bonchev–Trinajstić information content (AvgIpc) is 1.82. The predicted molar refractivity (Wildman–Crippen MR) is 51.5 cm³/mol. The summed E-state index contributed by atoms with van der Waals surface area (Å²) in [4.78, 5) is 10.8. The maximum atomic E-state index is 10.8. The van der Waals surface area contributed by atoms with Crippen molar-refractivity contribution in [3.8, 4) is 0 Å². The minimum absolute atomic E-state index is 0.199. The molecule has 1 N–H and O–H groups in total. The van der Waals surface area contributed by atoms with Crippen molar-refractivity contribution < 1.29 is 9.90 Å². The summed E-state index contributed by atoms with van der Waals surface area (Å²) in [5.41, 5.74) is 0. The van der Waals surface area contributed by atoms with Crippen molar-refractivity contribution in [3.05, 3.63) is 0 Å². The Morgan fingerprint density at radius 2 is 2.08 bits per heavy atom. The van der Waals surface area contributed by atoms with Gasteiger partial charge in [0, 0.05) is 5.25 Å². The Bertz CT molecular complexity index is 164. The summed E-state index contributed by atoms with van der Waals surface area (Å²) in [6, 6.07) is 0. The summed E-state index contributed by atoms with van der Waals surface area (Å²) in [7, 11) is 0. The van der Waals surface area contributed by atoms with Gasteiger partial charge in [-0.2, -0.15) is 0 Å². The first-order valence-electron chi connectivity index (χ1n) is 4.49. The molecule has 0 spiro atoms. The number of rotatable bonds is 4. The van der Waals surface area contributed by atoms with Crippen molar-refractivity contribution in [2.45, 2.75) is 43.6 Å². The van der Waals surface area contributed by atoms with Crippen LogP contribution in [0.5, 0.6) is 0 Å². The lowest BCUT2D eigenvalue weighted by Crippen LogP contribution is -2.28. The van der Waals surface area contributed by atoms with Gasteiger partial charge < -0.3 is 5.11 Å². The fourth-order valence-corrected chi connectivity index (χ4v) is 2.67. The van der Waals surface area contributed by atoms with E-state index in [1.165, 1.54) is 19.3 Å². The second-order valence-corrected chi connectivity index (χ2v) is 5.14. The van der Waals surface area contributed by atoms with Gasteiger partial charge in [-0.15, -0.1) is 11.8 Å². The van der Waals surface area contributed by atoms with Gasteiger partial charge in [0.2, 0.25) is 0 Å². The monoisotopic (exact) mass is 188 g/mol. The molecule has 1 saturated carbocycles. The Kier molecular flexibility index (Phi) is 3.44. The highest BCUT2D eigenvalue weighted by atomic mass is 32.2. The molecule has 0 bridgehead atoms. The van der Waals surface area contributed by atoms with Crippen molar-refractivity contribution in [3.63, 3.8) is 0 Å². The van der Waals surface area contributed by atoms with E-state index < -0.39 is 5.97 Å². The molecule has 0 aromatic rings. The fourth-order valence-electron chi connectivity index (χ4n) is 1.21. The first kappa shape index (κ1) is 9.90. The van der Waals surface area contributed by atoms with Crippen LogP contribution in [0.4, 0.5) is 0 Å². The number of hydrogen-bond donors (Lipinski definition) is 1. The van der Waals surface area contributed by atoms with Crippen LogP contribution >= 0.6 is 11.8 Å². The highest BCUT2D eigenvalue weighted by Crippen LogP contribution is 2.36. The van der Waals surface area contributed by atoms with Gasteiger partial charge in [-0.05, 0) is 18.8 Å². The number of carbonyl (C=O) groups is 1. The summed E-state index contributed by atoms with van der Waals surface area (Å²) in [5.74, 6) is -0.407. The molecule has 2 nitrogen and oxygen atoms in total. The lowest BCUT2D eigenvalue weighted by molar-refractivity contribution is -0.137. The van der Waals surface area contributed by atoms with Crippen molar-refractivity contribution in [1.29, 1.82) is 0 Å². The summed E-state index contributed by atoms with van der Waals surface area (Å²) in [6.45, 7) is 3.95. The number of carboxylic acids is 1. The topological polar surface area (TPSA) is 37.3 Å². The normalized spacial score (nSPS) is 20.6. The molecule has 1 unspecified atom stereocenters. The third kappa shape index (κ3) is 2.41. The van der Waals surface area contributed by atoms with Crippen molar-refractivity contribution in [1.82, 2.24) is 0 Å². The third-order valence-corrected chi connectivity index (χ3v) is 4.14. The van der Waals surface area contributed by atoms with Crippen LogP contribution in [-0.2, 0) is 4.79 Å². The van der Waals surface area contributed by atoms with Crippen LogP contribution in [0.15, 0.2) is 0 Å². The first-order chi connectivity index (χ1) is 5.61. The molecule has 0 saturated heterocycles. The summed E-state index contributed by atoms with van der Waals surface area (Å²) < 4.78 is 0. The molecule has 0 amide bonds. The Balaban J connectivity index is 2.36. The van der Waals surface area contributed by atoms with E-state index in [9.17, 15) is 4.79 Å². The summed E-state index contributed by atoms with van der Waals surface area (Å²) in [5, 5.41) is 9.31. The van der Waals surface area contributed by atoms with Gasteiger partial charge in [-0.25, -0.2) is 0 Å². The van der Waals surface area contributed by atoms with E-state index in [2.05, 4.69) is 0 Å². The van der Waals surface area contributed by atoms with E-state index in [1.807, 2.05) is 13.8 Å². The van der Waals surface area contributed by atoms with Gasteiger partial charge in [0.1, 0.15) is 5.25 Å². The predicted octanol–water partition coefficient (Wildman–Crippen LogP) is 2.38. The van der Waals surface area contributed by atoms with Crippen LogP contribution in [0.3, 0.4) is 0 Å². The molecule has 12 heavy (non-hydrogen) atoms. The highest BCUT2D eigenvalue weighted by Gasteiger charge is 2.28. The summed E-state index contributed by atoms with van der Waals surface area (Å²) in [6.07, 6.45) is 3.70. The number of carboxylic acid groups (broad SMARTS) is 1. The minimum Gasteiger partial charge on any atom is -0.480 e. The molecule has 0 aromatic carbocycles. The van der Waals surface area contributed by atoms with E-state index in [4.69, 9.17) is 5.11 Å². The van der Waals surface area contributed by atoms with Crippen LogP contribution in [0.25, 0.3) is 0 Å². The molecule has 0 aliphatic heterocycles. The Morgan fingerprint density at radius 3 is 2.33 bits per heavy atom. The Labute approximate surface area is 77.7 Å². The quantitative estimate of drug-likeness (QED) is 0.736. The average molecular weight is 188 g/mol. The number of thioether (sulfide) groups is 1. The molecule has 1 atom stereocenters. The van der Waals surface area contributed by atoms with Gasteiger partial charge in [-0.3, -0.25) is 4.79 Å². The van der Waals surface area contributed by atoms with Crippen molar-refractivity contribution in [2.24, 2.45) is 5.92 Å². The zero-order chi connectivity index (χ0) is 9.14. The van der Waals surface area contributed by atoms with E-state index in [0.717, 1.165) is 0 Å². The Morgan fingerprint density at radius 1 is 1.50 bits per heavy atom. The smallest absolute Gasteiger partial charge is 0.316 e. The first-order valence-corrected chi connectivity index (χ1v) is 5.44. The Hall–Kier alpha value is -0.180. The lowest BCUT2D eigenvalue weighted by atomic mass is 10.00. The van der Waals surface area contributed by atoms with Crippen molar-refractivity contribution >= 4 is 17.7 Å². The molecule has 70 valence electrons. The van der Waals surface area contributed by atoms with Gasteiger partial charge in [-0.1, -0.05) is 20.3 Å². The van der Waals surface area contributed by atoms with Gasteiger partial charge >= 0.3 is 5.97 Å². The molecule has 0 heterocycles. The maximum absolute atomic E-state index is 10.8. The SMILES string of the molecule is CC(C)C(SC1CCC1)C(=O)O. The van der Waals surface area contributed by atoms with Crippen LogP contribution in [0, 0.1) is 5.92 Å². The van der Waals surface area contributed by atoms with Gasteiger partial charge in [0.05, 0.1) is 0 Å². The number of hydrogen-bond acceptors (Lipinski definition) is 2. The standard InChI is InChI=1S/C9H16O2S/c1-6(2)8(9(10)11)12-7-4-3-5-7/h6-8H,3-5H2,1-2H3,(H,10,11). The molecule has 1 fully saturated rings. The van der Waals surface area contributed by atoms with Crippen LogP contribution in [0.1, 0.15) is 33.1 Å². The maximum Gasteiger partial charge on any atom is 0.316 e. The molecular weight excluding hydrogens is 172 g/mol. The molecule has 1 aliphatic carbocycles. The fraction of sp³-hybridized carbons (Fsp3) is 0.889. The second kappa shape index (κ2) is 4.17. The van der Waals surface area contributed by atoms with Gasteiger partial charge in [0.25, 0.3) is 0 Å². The molecule has 0 radical (unpaired) electrons. The summed E-state index contributed by atoms with van der Waals surface area (Å²) >= 11 is 1.65. The van der Waals surface area contributed by atoms with Crippen LogP contribution < -0.4 is 0 Å². The molecule has 0 aromatic heterocycles. The zero-order valence-corrected chi connectivity index (χ0v) is 8.43. The largest absolute Gasteiger partial charge is 0.480 e. The van der Waals surface area contributed by atoms with E-state index >= 15 is 0 Å². The van der Waals surface area contributed by atoms with E-state index in [1.54, 1.807) is 11.8 Å². The van der Waals surface area contributed by atoms with E-state index in [-0.39, 0.29) is 11.2 Å². The van der Waals surface area contributed by atoms with E-state index in [0.29, 0.717) is 5.25 Å². The number of aliphatic carboxylic acids is 1. The third-order valence-electron chi connectivity index (χ3n) is 2.24. The minimum atomic E-state index is -0.651. The van der Waals surface area contributed by atoms with Gasteiger partial charge in [0.15, 0.2) is 0 Å². The molecule has 3 heteroatoms. The van der Waals surface area contributed by atoms with Crippen LogP contribution in [-0.4, -0.2) is 21.6 Å². The van der Waals surface area contributed by atoms with Crippen molar-refractivity contribution in [2.75, 3.05) is 0 Å². The van der Waals surface area contributed by atoms with Crippen LogP contribution in [0.2, 0.25) is 0 Å².